The predicted octanol–water partition coefficient (Wildman–Crippen LogP) is 2.71. The average molecular weight is 446 g/mol. The van der Waals surface area contributed by atoms with Gasteiger partial charge in [0.05, 0.1) is 17.6 Å². The van der Waals surface area contributed by atoms with E-state index in [1.54, 1.807) is 6.08 Å². The van der Waals surface area contributed by atoms with Crippen LogP contribution in [0.3, 0.4) is 0 Å². The first-order valence-corrected chi connectivity index (χ1v) is 11.5. The van der Waals surface area contributed by atoms with Gasteiger partial charge in [-0.05, 0) is 49.7 Å². The standard InChI is InChI=1S/C27H27NO5/c1-28-14-13-26-23-18-8-9-19(16-29)24(23)33-25(26)20(11-12-27(26,31)21(28)15-18)32-22(30)10-7-17-5-3-2-4-6-17/h2-11,21,25,29,31H,12-16H2,1H3/b10-7+/t21-,25?,26+,27-/m1/s1. The smallest absolute Gasteiger partial charge is 0.335 e. The maximum atomic E-state index is 12.7. The second-order valence-electron chi connectivity index (χ2n) is 9.57. The van der Waals surface area contributed by atoms with Crippen molar-refractivity contribution in [1.29, 1.82) is 0 Å². The Morgan fingerprint density at radius 1 is 1.27 bits per heavy atom. The van der Waals surface area contributed by atoms with Gasteiger partial charge in [-0.3, -0.25) is 0 Å². The molecule has 4 atom stereocenters. The summed E-state index contributed by atoms with van der Waals surface area (Å²) < 4.78 is 12.3. The van der Waals surface area contributed by atoms with Crippen LogP contribution in [0.15, 0.2) is 60.4 Å². The van der Waals surface area contributed by atoms with E-state index in [1.165, 1.54) is 6.08 Å². The third-order valence-electron chi connectivity index (χ3n) is 8.06. The van der Waals surface area contributed by atoms with E-state index in [0.717, 1.165) is 29.7 Å². The number of ether oxygens (including phenoxy) is 2. The Bertz CT molecular complexity index is 1190. The van der Waals surface area contributed by atoms with Gasteiger partial charge in [0, 0.05) is 29.7 Å². The minimum Gasteiger partial charge on any atom is -0.481 e. The molecule has 6 nitrogen and oxygen atoms in total. The number of likely N-dealkylation sites (tertiary alicyclic amines) is 1. The van der Waals surface area contributed by atoms with Crippen LogP contribution in [0.2, 0.25) is 0 Å². The Balaban J connectivity index is 1.40. The summed E-state index contributed by atoms with van der Waals surface area (Å²) in [6.45, 7) is 0.663. The summed E-state index contributed by atoms with van der Waals surface area (Å²) in [6.07, 6.45) is 6.14. The number of rotatable bonds is 4. The molecular weight excluding hydrogens is 418 g/mol. The average Bonchev–Trinajstić information content (AvgIpc) is 3.18. The number of esters is 1. The number of likely N-dealkylation sites (N-methyl/N-ethyl adjacent to an activating group) is 1. The number of piperidine rings is 1. The summed E-state index contributed by atoms with van der Waals surface area (Å²) >= 11 is 0. The Hall–Kier alpha value is -2.93. The Morgan fingerprint density at radius 3 is 2.88 bits per heavy atom. The Morgan fingerprint density at radius 2 is 2.09 bits per heavy atom. The molecule has 1 fully saturated rings. The molecule has 33 heavy (non-hydrogen) atoms. The topological polar surface area (TPSA) is 79.2 Å². The molecule has 0 radical (unpaired) electrons. The van der Waals surface area contributed by atoms with Crippen LogP contribution in [0.25, 0.3) is 6.08 Å². The van der Waals surface area contributed by atoms with Gasteiger partial charge in [-0.15, -0.1) is 0 Å². The lowest BCUT2D eigenvalue weighted by Gasteiger charge is -2.61. The van der Waals surface area contributed by atoms with Crippen molar-refractivity contribution in [3.63, 3.8) is 0 Å². The molecule has 2 aliphatic heterocycles. The van der Waals surface area contributed by atoms with Crippen LogP contribution in [0.5, 0.6) is 5.75 Å². The third kappa shape index (κ3) is 2.75. The van der Waals surface area contributed by atoms with Gasteiger partial charge in [0.15, 0.2) is 6.10 Å². The fourth-order valence-electron chi connectivity index (χ4n) is 6.51. The van der Waals surface area contributed by atoms with Crippen LogP contribution in [0.1, 0.15) is 35.1 Å². The predicted molar refractivity (Wildman–Crippen MR) is 122 cm³/mol. The molecule has 0 aromatic heterocycles. The molecule has 2 bridgehead atoms. The maximum absolute atomic E-state index is 12.7. The van der Waals surface area contributed by atoms with Gasteiger partial charge < -0.3 is 24.6 Å². The summed E-state index contributed by atoms with van der Waals surface area (Å²) in [7, 11) is 2.06. The highest BCUT2D eigenvalue weighted by atomic mass is 16.6. The zero-order valence-electron chi connectivity index (χ0n) is 18.5. The first kappa shape index (κ1) is 20.7. The van der Waals surface area contributed by atoms with Crippen LogP contribution in [0, 0.1) is 0 Å². The second-order valence-corrected chi connectivity index (χ2v) is 9.57. The highest BCUT2D eigenvalue weighted by molar-refractivity contribution is 5.88. The van der Waals surface area contributed by atoms with Crippen molar-refractivity contribution in [2.24, 2.45) is 0 Å². The molecule has 0 amide bonds. The van der Waals surface area contributed by atoms with E-state index in [-0.39, 0.29) is 12.6 Å². The lowest BCUT2D eigenvalue weighted by atomic mass is 9.50. The van der Waals surface area contributed by atoms with Crippen molar-refractivity contribution in [2.75, 3.05) is 13.6 Å². The number of carbonyl (C=O) groups excluding carboxylic acids is 1. The number of benzene rings is 2. The lowest BCUT2D eigenvalue weighted by Crippen LogP contribution is -2.74. The number of aliphatic hydroxyl groups excluding tert-OH is 1. The minimum atomic E-state index is -1.03. The number of nitrogens with zero attached hydrogens (tertiary/aromatic N) is 1. The summed E-state index contributed by atoms with van der Waals surface area (Å²) in [6, 6.07) is 13.5. The summed E-state index contributed by atoms with van der Waals surface area (Å²) in [5.74, 6) is 0.609. The summed E-state index contributed by atoms with van der Waals surface area (Å²) in [5, 5.41) is 22.1. The molecule has 2 aromatic rings. The number of hydrogen-bond acceptors (Lipinski definition) is 6. The SMILES string of the molecule is CN1CC[C@]23c4c5ccc(CO)c4OC2C(OC(=O)/C=C/c2ccccc2)=CC[C@@]3(O)[C@H]1C5. The molecule has 170 valence electrons. The summed E-state index contributed by atoms with van der Waals surface area (Å²) in [5.41, 5.74) is 2.01. The molecule has 0 saturated carbocycles. The second kappa shape index (κ2) is 7.29. The van der Waals surface area contributed by atoms with E-state index in [2.05, 4.69) is 18.0 Å². The van der Waals surface area contributed by atoms with Crippen LogP contribution in [0.4, 0.5) is 0 Å². The van der Waals surface area contributed by atoms with E-state index in [0.29, 0.717) is 29.9 Å². The van der Waals surface area contributed by atoms with Crippen LogP contribution in [-0.2, 0) is 28.0 Å². The number of hydrogen-bond donors (Lipinski definition) is 2. The van der Waals surface area contributed by atoms with Crippen molar-refractivity contribution in [2.45, 2.75) is 49.0 Å². The summed E-state index contributed by atoms with van der Waals surface area (Å²) in [4.78, 5) is 15.0. The van der Waals surface area contributed by atoms with Gasteiger partial charge in [-0.25, -0.2) is 4.79 Å². The van der Waals surface area contributed by atoms with Crippen molar-refractivity contribution in [1.82, 2.24) is 4.90 Å². The van der Waals surface area contributed by atoms with Crippen LogP contribution in [-0.4, -0.2) is 52.4 Å². The molecule has 4 aliphatic rings. The van der Waals surface area contributed by atoms with Gasteiger partial charge >= 0.3 is 5.97 Å². The molecule has 2 aromatic carbocycles. The van der Waals surface area contributed by atoms with E-state index in [9.17, 15) is 15.0 Å². The molecular formula is C27H27NO5. The van der Waals surface area contributed by atoms with Crippen molar-refractivity contribution in [3.8, 4) is 5.75 Å². The fourth-order valence-corrected chi connectivity index (χ4v) is 6.51. The Labute approximate surface area is 192 Å². The van der Waals surface area contributed by atoms with Crippen molar-refractivity contribution in [3.05, 3.63) is 82.6 Å². The van der Waals surface area contributed by atoms with Gasteiger partial charge in [-0.2, -0.15) is 0 Å². The van der Waals surface area contributed by atoms with Gasteiger partial charge in [-0.1, -0.05) is 42.5 Å². The van der Waals surface area contributed by atoms with E-state index >= 15 is 0 Å². The molecule has 1 unspecified atom stereocenters. The van der Waals surface area contributed by atoms with Gasteiger partial charge in [0.25, 0.3) is 0 Å². The minimum absolute atomic E-state index is 0.0535. The first-order valence-electron chi connectivity index (χ1n) is 11.5. The molecule has 1 saturated heterocycles. The molecule has 2 N–H and O–H groups in total. The van der Waals surface area contributed by atoms with E-state index in [4.69, 9.17) is 9.47 Å². The number of carbonyl (C=O) groups is 1. The van der Waals surface area contributed by atoms with E-state index < -0.39 is 23.1 Å². The highest BCUT2D eigenvalue weighted by Gasteiger charge is 2.71. The quantitative estimate of drug-likeness (QED) is 0.557. The third-order valence-corrected chi connectivity index (χ3v) is 8.06. The monoisotopic (exact) mass is 445 g/mol. The zero-order chi connectivity index (χ0) is 22.8. The zero-order valence-corrected chi connectivity index (χ0v) is 18.5. The molecule has 6 heteroatoms. The largest absolute Gasteiger partial charge is 0.481 e. The fraction of sp³-hybridized carbons (Fsp3) is 0.370. The maximum Gasteiger partial charge on any atom is 0.335 e. The van der Waals surface area contributed by atoms with Gasteiger partial charge in [0.2, 0.25) is 0 Å². The molecule has 6 rings (SSSR count). The molecule has 2 aliphatic carbocycles. The lowest BCUT2D eigenvalue weighted by molar-refractivity contribution is -0.168. The molecule has 2 heterocycles. The van der Waals surface area contributed by atoms with Crippen molar-refractivity contribution < 1.29 is 24.5 Å². The van der Waals surface area contributed by atoms with Crippen LogP contribution < -0.4 is 4.74 Å². The highest BCUT2D eigenvalue weighted by Crippen LogP contribution is 2.64. The first-order chi connectivity index (χ1) is 16.0. The Kier molecular flexibility index (Phi) is 4.56. The van der Waals surface area contributed by atoms with Gasteiger partial charge in [0.1, 0.15) is 11.5 Å². The van der Waals surface area contributed by atoms with Crippen LogP contribution >= 0.6 is 0 Å². The molecule has 1 spiro atoms. The van der Waals surface area contributed by atoms with Crippen molar-refractivity contribution >= 4 is 12.0 Å². The number of aliphatic hydroxyl groups is 2. The van der Waals surface area contributed by atoms with E-state index in [1.807, 2.05) is 42.5 Å². The normalized spacial score (nSPS) is 31.7.